The Kier molecular flexibility index (Phi) is 6.36. The van der Waals surface area contributed by atoms with E-state index in [9.17, 15) is 4.79 Å². The number of hydrogen-bond donors (Lipinski definition) is 1. The summed E-state index contributed by atoms with van der Waals surface area (Å²) < 4.78 is 0.0299. The first-order valence-electron chi connectivity index (χ1n) is 10.4. The molecule has 0 fully saturated rings. The number of quaternary nitrogens is 1. The Morgan fingerprint density at radius 3 is 2.00 bits per heavy atom. The summed E-state index contributed by atoms with van der Waals surface area (Å²) in [6.45, 7) is 0.409. The zero-order chi connectivity index (χ0) is 21.5. The van der Waals surface area contributed by atoms with Crippen LogP contribution in [0.2, 0.25) is 0 Å². The van der Waals surface area contributed by atoms with Gasteiger partial charge in [0.1, 0.15) is 12.3 Å². The minimum absolute atomic E-state index is 0.0299. The molecule has 1 unspecified atom stereocenters. The Balaban J connectivity index is 1.80. The summed E-state index contributed by atoms with van der Waals surface area (Å²) >= 11 is 0. The number of aliphatic carboxylic acids is 1. The first-order chi connectivity index (χ1) is 15.2. The smallest absolute Gasteiger partial charge is 0.303 e. The normalized spacial score (nSPS) is 17.8. The van der Waals surface area contributed by atoms with Crippen LogP contribution in [-0.4, -0.2) is 24.0 Å². The number of hydrogen-bond acceptors (Lipinski definition) is 3. The van der Waals surface area contributed by atoms with Crippen LogP contribution in [0.25, 0.3) is 11.4 Å². The number of hydroxylamine groups is 2. The molecule has 0 saturated carbocycles. The van der Waals surface area contributed by atoms with Crippen LogP contribution in [0.1, 0.15) is 30.4 Å². The van der Waals surface area contributed by atoms with Crippen molar-refractivity contribution in [1.29, 1.82) is 0 Å². The van der Waals surface area contributed by atoms with Gasteiger partial charge in [0, 0.05) is 29.7 Å². The number of carboxylic acid groups (broad SMARTS) is 1. The van der Waals surface area contributed by atoms with E-state index >= 15 is 0 Å². The maximum absolute atomic E-state index is 10.9. The number of carbonyl (C=O) groups is 1. The second kappa shape index (κ2) is 9.51. The van der Waals surface area contributed by atoms with Crippen molar-refractivity contribution < 1.29 is 14.7 Å². The molecule has 1 atom stereocenters. The number of aliphatic imine (C=N–C) groups is 1. The van der Waals surface area contributed by atoms with Crippen LogP contribution in [0.4, 0.5) is 5.69 Å². The van der Waals surface area contributed by atoms with Gasteiger partial charge >= 0.3 is 5.97 Å². The van der Waals surface area contributed by atoms with Gasteiger partial charge in [-0.1, -0.05) is 71.4 Å². The van der Waals surface area contributed by atoms with Crippen molar-refractivity contribution in [2.45, 2.75) is 19.3 Å². The molecule has 5 heteroatoms. The Bertz CT molecular complexity index is 1080. The first-order valence-corrected chi connectivity index (χ1v) is 10.4. The van der Waals surface area contributed by atoms with E-state index < -0.39 is 5.97 Å². The quantitative estimate of drug-likeness (QED) is 0.359. The highest BCUT2D eigenvalue weighted by Gasteiger charge is 2.45. The van der Waals surface area contributed by atoms with Crippen molar-refractivity contribution in [1.82, 2.24) is 4.65 Å². The minimum atomic E-state index is -0.786. The molecule has 0 amide bonds. The molecule has 0 spiro atoms. The topological polar surface area (TPSA) is 58.9 Å². The molecule has 0 bridgehead atoms. The highest BCUT2D eigenvalue weighted by Crippen LogP contribution is 2.43. The molecule has 0 aliphatic carbocycles. The number of benzene rings is 3. The lowest BCUT2D eigenvalue weighted by Gasteiger charge is -2.29. The number of para-hydroxylation sites is 1. The van der Waals surface area contributed by atoms with Crippen LogP contribution < -0.4 is 4.65 Å². The predicted molar refractivity (Wildman–Crippen MR) is 124 cm³/mol. The van der Waals surface area contributed by atoms with Gasteiger partial charge in [0.05, 0.1) is 0 Å². The molecule has 1 N–H and O–H groups in total. The SMILES string of the molecule is O=C(O)CCCCO[N+]1(c2ccccc2)C=NC(c2ccccc2)=C1c1ccccc1. The minimum Gasteiger partial charge on any atom is -0.481 e. The molecule has 1 aliphatic rings. The number of nitrogens with zero attached hydrogens (tertiary/aromatic N) is 2. The van der Waals surface area contributed by atoms with Gasteiger partial charge in [0.25, 0.3) is 0 Å². The van der Waals surface area contributed by atoms with Crippen LogP contribution >= 0.6 is 0 Å². The van der Waals surface area contributed by atoms with E-state index in [0.717, 1.165) is 28.2 Å². The lowest BCUT2D eigenvalue weighted by Crippen LogP contribution is -2.44. The van der Waals surface area contributed by atoms with Crippen molar-refractivity contribution >= 4 is 29.4 Å². The summed E-state index contributed by atoms with van der Waals surface area (Å²) in [7, 11) is 0. The number of rotatable bonds is 9. The molecule has 0 radical (unpaired) electrons. The van der Waals surface area contributed by atoms with Gasteiger partial charge in [0.2, 0.25) is 12.0 Å². The second-order valence-electron chi connectivity index (χ2n) is 7.35. The maximum Gasteiger partial charge on any atom is 0.303 e. The lowest BCUT2D eigenvalue weighted by molar-refractivity contribution is -0.137. The summed E-state index contributed by atoms with van der Waals surface area (Å²) in [6, 6.07) is 30.2. The highest BCUT2D eigenvalue weighted by atomic mass is 16.7. The van der Waals surface area contributed by atoms with Crippen molar-refractivity contribution in [3.05, 3.63) is 102 Å². The molecule has 1 heterocycles. The van der Waals surface area contributed by atoms with E-state index in [0.29, 0.717) is 19.4 Å². The first kappa shape index (κ1) is 20.7. The third-order valence-electron chi connectivity index (χ3n) is 5.22. The zero-order valence-electron chi connectivity index (χ0n) is 17.2. The summed E-state index contributed by atoms with van der Waals surface area (Å²) in [5.74, 6) is -0.786. The van der Waals surface area contributed by atoms with E-state index in [1.54, 1.807) is 0 Å². The fraction of sp³-hybridized carbons (Fsp3) is 0.154. The summed E-state index contributed by atoms with van der Waals surface area (Å²) in [5.41, 5.74) is 4.78. The van der Waals surface area contributed by atoms with E-state index in [2.05, 4.69) is 12.1 Å². The molecular weight excluding hydrogens is 388 g/mol. The molecule has 3 aromatic rings. The summed E-state index contributed by atoms with van der Waals surface area (Å²) in [5, 5.41) is 8.93. The standard InChI is InChI=1S/C26H24N2O3/c29-24(30)18-10-11-19-31-28(23-16-8-3-9-17-23)20-27-25(21-12-4-1-5-13-21)26(28)22-14-6-2-7-15-22/h1-9,12-17,20H,10-11,18-19H2/p+1. The van der Waals surface area contributed by atoms with Crippen LogP contribution in [0, 0.1) is 0 Å². The number of carboxylic acids is 1. The fourth-order valence-corrected chi connectivity index (χ4v) is 3.75. The van der Waals surface area contributed by atoms with Crippen molar-refractivity contribution in [3.8, 4) is 0 Å². The van der Waals surface area contributed by atoms with Gasteiger partial charge in [-0.2, -0.15) is 9.83 Å². The average molecular weight is 413 g/mol. The third-order valence-corrected chi connectivity index (χ3v) is 5.22. The van der Waals surface area contributed by atoms with E-state index in [4.69, 9.17) is 14.9 Å². The maximum atomic E-state index is 10.9. The molecule has 0 aromatic heterocycles. The van der Waals surface area contributed by atoms with Crippen molar-refractivity contribution in [3.63, 3.8) is 0 Å². The Labute approximate surface area is 182 Å². The molecule has 156 valence electrons. The summed E-state index contributed by atoms with van der Waals surface area (Å²) in [4.78, 5) is 22.2. The highest BCUT2D eigenvalue weighted by molar-refractivity contribution is 6.07. The molecule has 4 rings (SSSR count). The van der Waals surface area contributed by atoms with Crippen LogP contribution in [0.5, 0.6) is 0 Å². The van der Waals surface area contributed by atoms with Crippen LogP contribution in [0.3, 0.4) is 0 Å². The van der Waals surface area contributed by atoms with Gasteiger partial charge < -0.3 is 5.11 Å². The van der Waals surface area contributed by atoms with Gasteiger partial charge in [-0.25, -0.2) is 0 Å². The van der Waals surface area contributed by atoms with Gasteiger partial charge in [0.15, 0.2) is 5.69 Å². The second-order valence-corrected chi connectivity index (χ2v) is 7.35. The number of unbranched alkanes of at least 4 members (excludes halogenated alkanes) is 1. The Hall–Kier alpha value is -3.54. The van der Waals surface area contributed by atoms with Crippen LogP contribution in [-0.2, 0) is 9.63 Å². The fourth-order valence-electron chi connectivity index (χ4n) is 3.75. The van der Waals surface area contributed by atoms with E-state index in [1.165, 1.54) is 0 Å². The van der Waals surface area contributed by atoms with Crippen LogP contribution in [0.15, 0.2) is 96.0 Å². The molecular formula is C26H25N2O3+. The predicted octanol–water partition coefficient (Wildman–Crippen LogP) is 5.75. The van der Waals surface area contributed by atoms with Gasteiger partial charge in [-0.15, -0.1) is 0 Å². The Morgan fingerprint density at radius 2 is 1.39 bits per heavy atom. The van der Waals surface area contributed by atoms with Gasteiger partial charge in [-0.3, -0.25) is 4.79 Å². The molecule has 5 nitrogen and oxygen atoms in total. The average Bonchev–Trinajstić information content (AvgIpc) is 3.21. The van der Waals surface area contributed by atoms with E-state index in [1.807, 2.05) is 85.2 Å². The third kappa shape index (κ3) is 4.48. The monoisotopic (exact) mass is 413 g/mol. The largest absolute Gasteiger partial charge is 0.481 e. The zero-order valence-corrected chi connectivity index (χ0v) is 17.2. The molecule has 1 aliphatic heterocycles. The molecule has 0 saturated heterocycles. The van der Waals surface area contributed by atoms with Crippen molar-refractivity contribution in [2.24, 2.45) is 4.99 Å². The summed E-state index contributed by atoms with van der Waals surface area (Å²) in [6.07, 6.45) is 3.18. The Morgan fingerprint density at radius 1 is 0.806 bits per heavy atom. The lowest BCUT2D eigenvalue weighted by atomic mass is 10.0. The van der Waals surface area contributed by atoms with Crippen molar-refractivity contribution in [2.75, 3.05) is 6.61 Å². The van der Waals surface area contributed by atoms with E-state index in [-0.39, 0.29) is 11.1 Å². The van der Waals surface area contributed by atoms with Gasteiger partial charge in [-0.05, 0) is 25.0 Å². The molecule has 3 aromatic carbocycles. The molecule has 31 heavy (non-hydrogen) atoms.